The lowest BCUT2D eigenvalue weighted by Crippen LogP contribution is -2.04. The first-order valence-corrected chi connectivity index (χ1v) is 5.26. The van der Waals surface area contributed by atoms with E-state index >= 15 is 0 Å². The van der Waals surface area contributed by atoms with Crippen LogP contribution in [0.3, 0.4) is 0 Å². The van der Waals surface area contributed by atoms with Crippen LogP contribution in [0.25, 0.3) is 0 Å². The van der Waals surface area contributed by atoms with Crippen LogP contribution in [0.5, 0.6) is 0 Å². The summed E-state index contributed by atoms with van der Waals surface area (Å²) in [5, 5.41) is 9.16. The van der Waals surface area contributed by atoms with Gasteiger partial charge in [0.2, 0.25) is 0 Å². The molecule has 0 saturated carbocycles. The van der Waals surface area contributed by atoms with E-state index in [1.165, 1.54) is 18.5 Å². The highest BCUT2D eigenvalue weighted by Crippen LogP contribution is 2.24. The third-order valence-corrected chi connectivity index (χ3v) is 2.96. The molecule has 1 N–H and O–H groups in total. The van der Waals surface area contributed by atoms with E-state index < -0.39 is 0 Å². The highest BCUT2D eigenvalue weighted by atomic mass is 16.3. The lowest BCUT2D eigenvalue weighted by atomic mass is 10.1. The quantitative estimate of drug-likeness (QED) is 0.733. The van der Waals surface area contributed by atoms with E-state index in [4.69, 9.17) is 5.11 Å². The van der Waals surface area contributed by atoms with Crippen LogP contribution >= 0.6 is 0 Å². The van der Waals surface area contributed by atoms with Gasteiger partial charge in [0.15, 0.2) is 0 Å². The van der Waals surface area contributed by atoms with Crippen molar-refractivity contribution in [3.63, 3.8) is 0 Å². The molecule has 1 fully saturated rings. The van der Waals surface area contributed by atoms with E-state index in [-0.39, 0.29) is 6.61 Å². The molecule has 1 aromatic carbocycles. The van der Waals surface area contributed by atoms with Crippen LogP contribution in [0.4, 0.5) is 0 Å². The first kappa shape index (κ1) is 9.69. The standard InChI is InChI=1S/C12H17NO/c1-2-12-8-13(12)7-10-5-3-4-6-11(10)9-14/h3-6,12,14H,2,7-9H2,1H3. The number of hydrogen-bond donors (Lipinski definition) is 1. The number of benzene rings is 1. The first-order valence-electron chi connectivity index (χ1n) is 5.26. The Morgan fingerprint density at radius 3 is 2.64 bits per heavy atom. The van der Waals surface area contributed by atoms with Gasteiger partial charge in [0.05, 0.1) is 6.61 Å². The minimum Gasteiger partial charge on any atom is -0.392 e. The van der Waals surface area contributed by atoms with Crippen molar-refractivity contribution in [2.75, 3.05) is 6.54 Å². The molecule has 1 aromatic rings. The monoisotopic (exact) mass is 191 g/mol. The summed E-state index contributed by atoms with van der Waals surface area (Å²) in [7, 11) is 0. The molecule has 14 heavy (non-hydrogen) atoms. The van der Waals surface area contributed by atoms with Crippen molar-refractivity contribution in [3.05, 3.63) is 35.4 Å². The Hall–Kier alpha value is -0.860. The second kappa shape index (κ2) is 4.11. The van der Waals surface area contributed by atoms with Gasteiger partial charge < -0.3 is 5.11 Å². The average Bonchev–Trinajstić information content (AvgIpc) is 2.97. The Morgan fingerprint density at radius 2 is 2.07 bits per heavy atom. The van der Waals surface area contributed by atoms with Crippen LogP contribution in [0, 0.1) is 0 Å². The maximum Gasteiger partial charge on any atom is 0.0685 e. The zero-order valence-electron chi connectivity index (χ0n) is 8.61. The summed E-state index contributed by atoms with van der Waals surface area (Å²) in [4.78, 5) is 2.44. The minimum absolute atomic E-state index is 0.154. The largest absolute Gasteiger partial charge is 0.392 e. The van der Waals surface area contributed by atoms with Crippen molar-refractivity contribution in [1.82, 2.24) is 4.90 Å². The van der Waals surface area contributed by atoms with Gasteiger partial charge in [0, 0.05) is 19.1 Å². The Balaban J connectivity index is 2.02. The van der Waals surface area contributed by atoms with Crippen LogP contribution < -0.4 is 0 Å². The Kier molecular flexibility index (Phi) is 2.85. The van der Waals surface area contributed by atoms with Gasteiger partial charge in [-0.2, -0.15) is 0 Å². The molecule has 2 atom stereocenters. The summed E-state index contributed by atoms with van der Waals surface area (Å²) in [5.74, 6) is 0. The maximum absolute atomic E-state index is 9.16. The smallest absolute Gasteiger partial charge is 0.0685 e. The normalized spacial score (nSPS) is 25.0. The molecule has 0 aromatic heterocycles. The SMILES string of the molecule is CCC1CN1Cc1ccccc1CO. The molecule has 0 amide bonds. The number of rotatable bonds is 4. The summed E-state index contributed by atoms with van der Waals surface area (Å²) in [6.45, 7) is 4.59. The predicted octanol–water partition coefficient (Wildman–Crippen LogP) is 1.77. The van der Waals surface area contributed by atoms with Gasteiger partial charge in [0.1, 0.15) is 0 Å². The molecule has 2 heteroatoms. The second-order valence-electron chi connectivity index (χ2n) is 3.92. The fourth-order valence-corrected chi connectivity index (χ4v) is 1.89. The Labute approximate surface area is 85.2 Å². The van der Waals surface area contributed by atoms with Crippen LogP contribution in [-0.2, 0) is 13.2 Å². The zero-order valence-corrected chi connectivity index (χ0v) is 8.61. The summed E-state index contributed by atoms with van der Waals surface area (Å²) in [5.41, 5.74) is 2.33. The Bertz CT molecular complexity index is 311. The maximum atomic E-state index is 9.16. The van der Waals surface area contributed by atoms with E-state index in [1.54, 1.807) is 0 Å². The Morgan fingerprint density at radius 1 is 1.36 bits per heavy atom. The fraction of sp³-hybridized carbons (Fsp3) is 0.500. The van der Waals surface area contributed by atoms with Gasteiger partial charge in [-0.15, -0.1) is 0 Å². The van der Waals surface area contributed by atoms with E-state index in [1.807, 2.05) is 18.2 Å². The first-order chi connectivity index (χ1) is 6.85. The molecule has 76 valence electrons. The molecule has 2 nitrogen and oxygen atoms in total. The van der Waals surface area contributed by atoms with Gasteiger partial charge in [-0.05, 0) is 17.5 Å². The van der Waals surface area contributed by atoms with Crippen molar-refractivity contribution in [2.45, 2.75) is 32.5 Å². The molecule has 1 heterocycles. The molecule has 0 bridgehead atoms. The molecular weight excluding hydrogens is 174 g/mol. The zero-order chi connectivity index (χ0) is 9.97. The number of hydrogen-bond acceptors (Lipinski definition) is 2. The van der Waals surface area contributed by atoms with E-state index in [0.29, 0.717) is 0 Å². The third kappa shape index (κ3) is 1.97. The van der Waals surface area contributed by atoms with Crippen molar-refractivity contribution in [3.8, 4) is 0 Å². The van der Waals surface area contributed by atoms with Gasteiger partial charge in [-0.3, -0.25) is 4.90 Å². The summed E-state index contributed by atoms with van der Waals surface area (Å²) in [6.07, 6.45) is 1.24. The van der Waals surface area contributed by atoms with Crippen molar-refractivity contribution < 1.29 is 5.11 Å². The number of aliphatic hydroxyl groups is 1. The molecule has 2 rings (SSSR count). The van der Waals surface area contributed by atoms with E-state index in [0.717, 1.165) is 18.2 Å². The molecular formula is C12H17NO. The van der Waals surface area contributed by atoms with Gasteiger partial charge in [-0.1, -0.05) is 31.2 Å². The van der Waals surface area contributed by atoms with Crippen molar-refractivity contribution in [1.29, 1.82) is 0 Å². The number of nitrogens with zero attached hydrogens (tertiary/aromatic N) is 1. The lowest BCUT2D eigenvalue weighted by molar-refractivity contribution is 0.279. The van der Waals surface area contributed by atoms with Crippen LogP contribution in [0.2, 0.25) is 0 Å². The van der Waals surface area contributed by atoms with Gasteiger partial charge in [-0.25, -0.2) is 0 Å². The predicted molar refractivity (Wildman–Crippen MR) is 56.9 cm³/mol. The molecule has 0 aliphatic carbocycles. The van der Waals surface area contributed by atoms with Gasteiger partial charge >= 0.3 is 0 Å². The third-order valence-electron chi connectivity index (χ3n) is 2.96. The molecule has 1 aliphatic rings. The topological polar surface area (TPSA) is 23.2 Å². The summed E-state index contributed by atoms with van der Waals surface area (Å²) < 4.78 is 0. The lowest BCUT2D eigenvalue weighted by Gasteiger charge is -2.07. The van der Waals surface area contributed by atoms with Crippen molar-refractivity contribution in [2.24, 2.45) is 0 Å². The molecule has 0 spiro atoms. The molecule has 2 unspecified atom stereocenters. The highest BCUT2D eigenvalue weighted by Gasteiger charge is 2.31. The van der Waals surface area contributed by atoms with Gasteiger partial charge in [0.25, 0.3) is 0 Å². The fourth-order valence-electron chi connectivity index (χ4n) is 1.89. The summed E-state index contributed by atoms with van der Waals surface area (Å²) in [6, 6.07) is 8.91. The second-order valence-corrected chi connectivity index (χ2v) is 3.92. The molecule has 1 saturated heterocycles. The number of aliphatic hydroxyl groups excluding tert-OH is 1. The van der Waals surface area contributed by atoms with Crippen LogP contribution in [0.15, 0.2) is 24.3 Å². The minimum atomic E-state index is 0.154. The van der Waals surface area contributed by atoms with Crippen LogP contribution in [-0.4, -0.2) is 22.6 Å². The van der Waals surface area contributed by atoms with E-state index in [9.17, 15) is 0 Å². The van der Waals surface area contributed by atoms with Crippen molar-refractivity contribution >= 4 is 0 Å². The summed E-state index contributed by atoms with van der Waals surface area (Å²) >= 11 is 0. The highest BCUT2D eigenvalue weighted by molar-refractivity contribution is 5.26. The van der Waals surface area contributed by atoms with E-state index in [2.05, 4.69) is 17.9 Å². The average molecular weight is 191 g/mol. The molecule has 1 aliphatic heterocycles. The molecule has 0 radical (unpaired) electrons. The van der Waals surface area contributed by atoms with Crippen LogP contribution in [0.1, 0.15) is 24.5 Å².